The lowest BCUT2D eigenvalue weighted by molar-refractivity contribution is 0.0697. The fourth-order valence-electron chi connectivity index (χ4n) is 2.82. The van der Waals surface area contributed by atoms with Gasteiger partial charge in [-0.1, -0.05) is 24.3 Å². The zero-order valence-corrected chi connectivity index (χ0v) is 12.1. The Hall–Kier alpha value is -2.20. The number of rotatable bonds is 5. The molecular formula is C18H18FNO2. The second-order valence-electron chi connectivity index (χ2n) is 5.80. The Kier molecular flexibility index (Phi) is 4.20. The summed E-state index contributed by atoms with van der Waals surface area (Å²) in [6, 6.07) is 14.2. The summed E-state index contributed by atoms with van der Waals surface area (Å²) in [5, 5.41) is 12.3. The first-order valence-corrected chi connectivity index (χ1v) is 7.43. The normalized spacial score (nSPS) is 20.4. The van der Waals surface area contributed by atoms with Gasteiger partial charge >= 0.3 is 5.97 Å². The van der Waals surface area contributed by atoms with Crippen LogP contribution >= 0.6 is 0 Å². The molecule has 3 nitrogen and oxygen atoms in total. The summed E-state index contributed by atoms with van der Waals surface area (Å²) in [5.41, 5.74) is 2.59. The van der Waals surface area contributed by atoms with E-state index in [4.69, 9.17) is 5.11 Å². The van der Waals surface area contributed by atoms with Crippen molar-refractivity contribution in [2.24, 2.45) is 0 Å². The van der Waals surface area contributed by atoms with Gasteiger partial charge in [0.2, 0.25) is 0 Å². The maximum Gasteiger partial charge on any atom is 0.335 e. The highest BCUT2D eigenvalue weighted by molar-refractivity contribution is 5.87. The van der Waals surface area contributed by atoms with E-state index in [-0.39, 0.29) is 5.82 Å². The smallest absolute Gasteiger partial charge is 0.335 e. The molecule has 1 fully saturated rings. The van der Waals surface area contributed by atoms with E-state index < -0.39 is 5.97 Å². The number of halogens is 1. The molecule has 4 heteroatoms. The predicted octanol–water partition coefficient (Wildman–Crippen LogP) is 3.56. The van der Waals surface area contributed by atoms with Gasteiger partial charge in [-0.05, 0) is 54.2 Å². The Bertz CT molecular complexity index is 646. The maximum absolute atomic E-state index is 12.9. The molecule has 0 radical (unpaired) electrons. The number of nitrogens with one attached hydrogen (secondary N) is 1. The molecule has 0 saturated heterocycles. The van der Waals surface area contributed by atoms with Crippen LogP contribution in [0.15, 0.2) is 48.5 Å². The molecule has 0 heterocycles. The lowest BCUT2D eigenvalue weighted by atomic mass is 9.76. The van der Waals surface area contributed by atoms with Crippen molar-refractivity contribution >= 4 is 5.97 Å². The number of carboxylic acids is 1. The summed E-state index contributed by atoms with van der Waals surface area (Å²) in [5.74, 6) is -0.587. The van der Waals surface area contributed by atoms with E-state index in [9.17, 15) is 9.18 Å². The van der Waals surface area contributed by atoms with Gasteiger partial charge < -0.3 is 10.4 Å². The highest BCUT2D eigenvalue weighted by atomic mass is 19.1. The van der Waals surface area contributed by atoms with Gasteiger partial charge in [-0.3, -0.25) is 0 Å². The summed E-state index contributed by atoms with van der Waals surface area (Å²) in [6.07, 6.45) is 2.11. The first kappa shape index (κ1) is 14.7. The fraction of sp³-hybridized carbons (Fsp3) is 0.278. The van der Waals surface area contributed by atoms with Gasteiger partial charge in [0, 0.05) is 12.6 Å². The molecule has 0 amide bonds. The highest BCUT2D eigenvalue weighted by Crippen LogP contribution is 2.36. The van der Waals surface area contributed by atoms with Gasteiger partial charge in [0.05, 0.1) is 5.56 Å². The van der Waals surface area contributed by atoms with Crippen LogP contribution in [0.3, 0.4) is 0 Å². The van der Waals surface area contributed by atoms with Crippen molar-refractivity contribution in [3.63, 3.8) is 0 Å². The molecule has 114 valence electrons. The molecule has 1 aliphatic rings. The van der Waals surface area contributed by atoms with E-state index >= 15 is 0 Å². The average molecular weight is 299 g/mol. The van der Waals surface area contributed by atoms with Crippen LogP contribution in [0.2, 0.25) is 0 Å². The molecule has 1 saturated carbocycles. The lowest BCUT2D eigenvalue weighted by Crippen LogP contribution is -2.39. The zero-order chi connectivity index (χ0) is 15.5. The molecule has 2 aromatic carbocycles. The highest BCUT2D eigenvalue weighted by Gasteiger charge is 2.29. The predicted molar refractivity (Wildman–Crippen MR) is 82.4 cm³/mol. The van der Waals surface area contributed by atoms with Crippen LogP contribution in [0, 0.1) is 5.82 Å². The molecule has 0 aliphatic heterocycles. The van der Waals surface area contributed by atoms with Crippen LogP contribution in [-0.4, -0.2) is 17.1 Å². The van der Waals surface area contributed by atoms with E-state index in [2.05, 4.69) is 5.32 Å². The largest absolute Gasteiger partial charge is 0.478 e. The SMILES string of the molecule is O=C(O)c1ccc(CNC2CC(c3ccc(F)cc3)C2)cc1. The van der Waals surface area contributed by atoms with E-state index in [1.54, 1.807) is 12.1 Å². The van der Waals surface area contributed by atoms with Crippen LogP contribution in [0.4, 0.5) is 4.39 Å². The van der Waals surface area contributed by atoms with Crippen molar-refractivity contribution in [3.05, 3.63) is 71.0 Å². The van der Waals surface area contributed by atoms with Crippen LogP contribution in [0.5, 0.6) is 0 Å². The van der Waals surface area contributed by atoms with Gasteiger partial charge in [0.25, 0.3) is 0 Å². The molecule has 2 N–H and O–H groups in total. The Labute approximate surface area is 128 Å². The van der Waals surface area contributed by atoms with Gasteiger partial charge in [-0.2, -0.15) is 0 Å². The molecule has 3 rings (SSSR count). The summed E-state index contributed by atoms with van der Waals surface area (Å²) < 4.78 is 12.9. The third kappa shape index (κ3) is 3.34. The third-order valence-corrected chi connectivity index (χ3v) is 4.28. The van der Waals surface area contributed by atoms with E-state index in [0.717, 1.165) is 24.9 Å². The van der Waals surface area contributed by atoms with Crippen LogP contribution < -0.4 is 5.32 Å². The van der Waals surface area contributed by atoms with Crippen LogP contribution in [0.1, 0.15) is 40.2 Å². The first-order chi connectivity index (χ1) is 10.6. The number of carbonyl (C=O) groups is 1. The molecule has 1 aliphatic carbocycles. The zero-order valence-electron chi connectivity index (χ0n) is 12.1. The third-order valence-electron chi connectivity index (χ3n) is 4.28. The van der Waals surface area contributed by atoms with Gasteiger partial charge in [-0.15, -0.1) is 0 Å². The molecule has 0 aromatic heterocycles. The van der Waals surface area contributed by atoms with Crippen molar-refractivity contribution in [3.8, 4) is 0 Å². The second-order valence-corrected chi connectivity index (χ2v) is 5.80. The first-order valence-electron chi connectivity index (χ1n) is 7.43. The Balaban J connectivity index is 1.46. The number of aromatic carboxylic acids is 1. The van der Waals surface area contributed by atoms with E-state index in [1.807, 2.05) is 24.3 Å². The molecule has 0 bridgehead atoms. The topological polar surface area (TPSA) is 49.3 Å². The molecule has 0 unspecified atom stereocenters. The second kappa shape index (κ2) is 6.28. The van der Waals surface area contributed by atoms with Gasteiger partial charge in [-0.25, -0.2) is 9.18 Å². The summed E-state index contributed by atoms with van der Waals surface area (Å²) in [4.78, 5) is 10.8. The molecular weight excluding hydrogens is 281 g/mol. The fourth-order valence-corrected chi connectivity index (χ4v) is 2.82. The quantitative estimate of drug-likeness (QED) is 0.887. The number of carboxylic acid groups (broad SMARTS) is 1. The van der Waals surface area contributed by atoms with E-state index in [0.29, 0.717) is 17.5 Å². The Morgan fingerprint density at radius 2 is 1.73 bits per heavy atom. The van der Waals surface area contributed by atoms with Gasteiger partial charge in [0.1, 0.15) is 5.82 Å². The standard InChI is InChI=1S/C18H18FNO2/c19-16-7-5-13(6-8-16)15-9-17(10-15)20-11-12-1-3-14(4-2-12)18(21)22/h1-8,15,17,20H,9-11H2,(H,21,22). The maximum atomic E-state index is 12.9. The van der Waals surface area contributed by atoms with Crippen molar-refractivity contribution in [2.45, 2.75) is 31.3 Å². The van der Waals surface area contributed by atoms with Crippen molar-refractivity contribution in [1.82, 2.24) is 5.32 Å². The molecule has 0 atom stereocenters. The molecule has 2 aromatic rings. The summed E-state index contributed by atoms with van der Waals surface area (Å²) in [7, 11) is 0. The molecule has 0 spiro atoms. The van der Waals surface area contributed by atoms with Crippen molar-refractivity contribution in [1.29, 1.82) is 0 Å². The van der Waals surface area contributed by atoms with E-state index in [1.165, 1.54) is 17.7 Å². The lowest BCUT2D eigenvalue weighted by Gasteiger charge is -2.36. The Morgan fingerprint density at radius 1 is 1.09 bits per heavy atom. The summed E-state index contributed by atoms with van der Waals surface area (Å²) >= 11 is 0. The monoisotopic (exact) mass is 299 g/mol. The van der Waals surface area contributed by atoms with Crippen molar-refractivity contribution < 1.29 is 14.3 Å². The van der Waals surface area contributed by atoms with Crippen molar-refractivity contribution in [2.75, 3.05) is 0 Å². The minimum Gasteiger partial charge on any atom is -0.478 e. The minimum absolute atomic E-state index is 0.192. The number of benzene rings is 2. The molecule has 22 heavy (non-hydrogen) atoms. The minimum atomic E-state index is -0.902. The Morgan fingerprint density at radius 3 is 2.32 bits per heavy atom. The van der Waals surface area contributed by atoms with Gasteiger partial charge in [0.15, 0.2) is 0 Å². The number of hydrogen-bond acceptors (Lipinski definition) is 2. The summed E-state index contributed by atoms with van der Waals surface area (Å²) in [6.45, 7) is 0.737. The van der Waals surface area contributed by atoms with Crippen LogP contribution in [0.25, 0.3) is 0 Å². The average Bonchev–Trinajstić information content (AvgIpc) is 2.48. The van der Waals surface area contributed by atoms with Crippen LogP contribution in [-0.2, 0) is 6.54 Å². The number of hydrogen-bond donors (Lipinski definition) is 2.